The van der Waals surface area contributed by atoms with Crippen molar-refractivity contribution < 1.29 is 24.2 Å². The summed E-state index contributed by atoms with van der Waals surface area (Å²) in [6.07, 6.45) is 53.2. The van der Waals surface area contributed by atoms with E-state index in [1.807, 2.05) is 0 Å². The summed E-state index contributed by atoms with van der Waals surface area (Å²) in [6, 6.07) is 0. The topological polar surface area (TPSA) is 72.8 Å². The lowest BCUT2D eigenvalue weighted by molar-refractivity contribution is -0.161. The van der Waals surface area contributed by atoms with Gasteiger partial charge in [-0.3, -0.25) is 9.59 Å². The second-order valence-corrected chi connectivity index (χ2v) is 14.4. The number of aliphatic hydroxyl groups is 1. The van der Waals surface area contributed by atoms with Gasteiger partial charge in [-0.25, -0.2) is 0 Å². The molecule has 0 aliphatic carbocycles. The monoisotopic (exact) mass is 715 g/mol. The van der Waals surface area contributed by atoms with Gasteiger partial charge in [-0.1, -0.05) is 197 Å². The third-order valence-electron chi connectivity index (χ3n) is 9.39. The van der Waals surface area contributed by atoms with Crippen molar-refractivity contribution in [2.75, 3.05) is 13.2 Å². The number of rotatable bonds is 39. The molecule has 1 N–H and O–H groups in total. The van der Waals surface area contributed by atoms with Gasteiger partial charge in [0.1, 0.15) is 6.61 Å². The highest BCUT2D eigenvalue weighted by Crippen LogP contribution is 2.15. The summed E-state index contributed by atoms with van der Waals surface area (Å²) in [5.74, 6) is -0.594. The van der Waals surface area contributed by atoms with E-state index in [0.29, 0.717) is 12.8 Å². The van der Waals surface area contributed by atoms with Crippen LogP contribution in [0.1, 0.15) is 213 Å². The van der Waals surface area contributed by atoms with Gasteiger partial charge in [0.05, 0.1) is 6.61 Å². The molecule has 0 aromatic heterocycles. The summed E-state index contributed by atoms with van der Waals surface area (Å²) in [5, 5.41) is 9.58. The minimum Gasteiger partial charge on any atom is -0.462 e. The van der Waals surface area contributed by atoms with Gasteiger partial charge < -0.3 is 14.6 Å². The molecule has 5 nitrogen and oxygen atoms in total. The first-order valence-electron chi connectivity index (χ1n) is 21.7. The molecule has 0 aromatic carbocycles. The molecule has 0 saturated carbocycles. The molecule has 0 aliphatic rings. The van der Waals surface area contributed by atoms with E-state index in [0.717, 1.165) is 70.6 Å². The van der Waals surface area contributed by atoms with Gasteiger partial charge in [-0.05, 0) is 51.4 Å². The van der Waals surface area contributed by atoms with Crippen molar-refractivity contribution in [1.82, 2.24) is 0 Å². The highest BCUT2D eigenvalue weighted by molar-refractivity contribution is 5.70. The summed E-state index contributed by atoms with van der Waals surface area (Å²) in [4.78, 5) is 24.3. The van der Waals surface area contributed by atoms with E-state index >= 15 is 0 Å². The van der Waals surface area contributed by atoms with Crippen molar-refractivity contribution in [2.24, 2.45) is 0 Å². The molecule has 0 fully saturated rings. The molecule has 0 heterocycles. The molecule has 51 heavy (non-hydrogen) atoms. The molecule has 1 unspecified atom stereocenters. The third kappa shape index (κ3) is 40.5. The number of esters is 2. The number of carbonyl (C=O) groups is 2. The molecule has 0 amide bonds. The number of unbranched alkanes of at least 4 members (excludes halogenated alkanes) is 23. The maximum absolute atomic E-state index is 12.2. The van der Waals surface area contributed by atoms with E-state index in [-0.39, 0.29) is 25.2 Å². The van der Waals surface area contributed by atoms with Crippen LogP contribution >= 0.6 is 0 Å². The molecule has 0 spiro atoms. The minimum atomic E-state index is -0.774. The second-order valence-electron chi connectivity index (χ2n) is 14.4. The van der Waals surface area contributed by atoms with Gasteiger partial charge in [-0.2, -0.15) is 0 Å². The number of carbonyl (C=O) groups excluding carboxylic acids is 2. The molecular formula is C46H82O5. The Morgan fingerprint density at radius 1 is 0.471 bits per heavy atom. The highest BCUT2D eigenvalue weighted by Gasteiger charge is 2.16. The van der Waals surface area contributed by atoms with Crippen molar-refractivity contribution in [3.05, 3.63) is 48.6 Å². The van der Waals surface area contributed by atoms with E-state index in [2.05, 4.69) is 62.5 Å². The maximum Gasteiger partial charge on any atom is 0.306 e. The van der Waals surface area contributed by atoms with Crippen LogP contribution in [0.3, 0.4) is 0 Å². The summed E-state index contributed by atoms with van der Waals surface area (Å²) in [7, 11) is 0. The maximum atomic E-state index is 12.2. The zero-order valence-electron chi connectivity index (χ0n) is 33.6. The summed E-state index contributed by atoms with van der Waals surface area (Å²) >= 11 is 0. The van der Waals surface area contributed by atoms with Crippen LogP contribution in [0.15, 0.2) is 48.6 Å². The lowest BCUT2D eigenvalue weighted by atomic mass is 10.0. The largest absolute Gasteiger partial charge is 0.462 e. The van der Waals surface area contributed by atoms with Crippen molar-refractivity contribution in [3.8, 4) is 0 Å². The second kappa shape index (κ2) is 42.3. The first-order valence-corrected chi connectivity index (χ1v) is 21.7. The average molecular weight is 715 g/mol. The zero-order valence-corrected chi connectivity index (χ0v) is 33.6. The number of hydrogen-bond donors (Lipinski definition) is 1. The fraction of sp³-hybridized carbons (Fsp3) is 0.783. The van der Waals surface area contributed by atoms with E-state index in [9.17, 15) is 14.7 Å². The molecule has 0 aliphatic heterocycles. The van der Waals surface area contributed by atoms with E-state index in [1.165, 1.54) is 116 Å². The molecule has 0 radical (unpaired) electrons. The van der Waals surface area contributed by atoms with Crippen LogP contribution in [0.5, 0.6) is 0 Å². The van der Waals surface area contributed by atoms with Crippen LogP contribution in [0.25, 0.3) is 0 Å². The molecule has 0 aromatic rings. The molecule has 0 bridgehead atoms. The summed E-state index contributed by atoms with van der Waals surface area (Å²) < 4.78 is 10.6. The van der Waals surface area contributed by atoms with Gasteiger partial charge in [0.25, 0.3) is 0 Å². The van der Waals surface area contributed by atoms with Crippen LogP contribution in [0, 0.1) is 0 Å². The van der Waals surface area contributed by atoms with Crippen LogP contribution in [-0.4, -0.2) is 36.4 Å². The Hall–Kier alpha value is -2.14. The van der Waals surface area contributed by atoms with Crippen LogP contribution < -0.4 is 0 Å². The Labute approximate surface area is 316 Å². The SMILES string of the molecule is CC/C=C\C/C=C\C/C=C\C/C=C\CCCCCCCCCCC(=O)OC(CO)COC(=O)CCCCCCCCCCCCCCCCCC. The predicted molar refractivity (Wildman–Crippen MR) is 219 cm³/mol. The van der Waals surface area contributed by atoms with E-state index in [1.54, 1.807) is 0 Å². The van der Waals surface area contributed by atoms with Crippen molar-refractivity contribution in [2.45, 2.75) is 219 Å². The normalized spacial score (nSPS) is 12.6. The Kier molecular flexibility index (Phi) is 40.5. The van der Waals surface area contributed by atoms with Crippen LogP contribution in [0.2, 0.25) is 0 Å². The van der Waals surface area contributed by atoms with Gasteiger partial charge in [0, 0.05) is 12.8 Å². The molecule has 296 valence electrons. The Morgan fingerprint density at radius 3 is 1.27 bits per heavy atom. The van der Waals surface area contributed by atoms with E-state index in [4.69, 9.17) is 9.47 Å². The number of aliphatic hydroxyl groups excluding tert-OH is 1. The first kappa shape index (κ1) is 48.9. The summed E-state index contributed by atoms with van der Waals surface area (Å²) in [6.45, 7) is 4.03. The van der Waals surface area contributed by atoms with Crippen molar-refractivity contribution in [1.29, 1.82) is 0 Å². The Morgan fingerprint density at radius 2 is 0.843 bits per heavy atom. The fourth-order valence-electron chi connectivity index (χ4n) is 6.13. The van der Waals surface area contributed by atoms with E-state index < -0.39 is 6.10 Å². The van der Waals surface area contributed by atoms with Crippen molar-refractivity contribution in [3.63, 3.8) is 0 Å². The Balaban J connectivity index is 3.54. The lowest BCUT2D eigenvalue weighted by Crippen LogP contribution is -2.28. The molecule has 0 rings (SSSR count). The van der Waals surface area contributed by atoms with Crippen molar-refractivity contribution >= 4 is 11.9 Å². The smallest absolute Gasteiger partial charge is 0.306 e. The quantitative estimate of drug-likeness (QED) is 0.0390. The molecular weight excluding hydrogens is 633 g/mol. The highest BCUT2D eigenvalue weighted by atomic mass is 16.6. The molecule has 0 saturated heterocycles. The lowest BCUT2D eigenvalue weighted by Gasteiger charge is -2.15. The standard InChI is InChI=1S/C46H82O5/c1-3-5-7-9-11-13-15-17-19-21-22-23-24-25-27-29-31-33-35-37-39-41-46(49)51-44(42-47)43-50-45(48)40-38-36-34-32-30-28-26-20-18-16-14-12-10-8-6-4-2/h5,7,11,13,17,19,22-23,44,47H,3-4,6,8-10,12,14-16,18,20-21,24-43H2,1-2H3/b7-5-,13-11-,19-17-,23-22-. The average Bonchev–Trinajstić information content (AvgIpc) is 3.13. The number of hydrogen-bond acceptors (Lipinski definition) is 5. The minimum absolute atomic E-state index is 0.0672. The van der Waals surface area contributed by atoms with Gasteiger partial charge in [0.15, 0.2) is 6.10 Å². The predicted octanol–water partition coefficient (Wildman–Crippen LogP) is 13.8. The van der Waals surface area contributed by atoms with Crippen LogP contribution in [0.4, 0.5) is 0 Å². The Bertz CT molecular complexity index is 858. The number of allylic oxidation sites excluding steroid dienone is 8. The van der Waals surface area contributed by atoms with Gasteiger partial charge in [-0.15, -0.1) is 0 Å². The molecule has 1 atom stereocenters. The summed E-state index contributed by atoms with van der Waals surface area (Å²) in [5.41, 5.74) is 0. The molecule has 5 heteroatoms. The first-order chi connectivity index (χ1) is 25.1. The van der Waals surface area contributed by atoms with Crippen LogP contribution in [-0.2, 0) is 19.1 Å². The van der Waals surface area contributed by atoms with Gasteiger partial charge >= 0.3 is 11.9 Å². The van der Waals surface area contributed by atoms with Gasteiger partial charge in [0.2, 0.25) is 0 Å². The number of ether oxygens (including phenoxy) is 2. The third-order valence-corrected chi connectivity index (χ3v) is 9.39. The fourth-order valence-corrected chi connectivity index (χ4v) is 6.13. The zero-order chi connectivity index (χ0) is 37.1.